The maximum absolute atomic E-state index is 13.3. The molecule has 0 saturated heterocycles. The Morgan fingerprint density at radius 1 is 1.11 bits per heavy atom. The SMILES string of the molecule is Cc1sc2ncn(CC(=O)N3CCCN(C(=O)CC(C)C)c4ccccc4CNCC3)c(=O)c2c1C. The Morgan fingerprint density at radius 2 is 1.89 bits per heavy atom. The van der Waals surface area contributed by atoms with Crippen LogP contribution in [0.4, 0.5) is 5.69 Å². The summed E-state index contributed by atoms with van der Waals surface area (Å²) in [7, 11) is 0. The van der Waals surface area contributed by atoms with Gasteiger partial charge in [0.25, 0.3) is 5.56 Å². The van der Waals surface area contributed by atoms with Gasteiger partial charge in [0.2, 0.25) is 11.8 Å². The number of nitrogens with one attached hydrogen (secondary N) is 1. The van der Waals surface area contributed by atoms with E-state index < -0.39 is 0 Å². The van der Waals surface area contributed by atoms with E-state index in [0.29, 0.717) is 55.8 Å². The zero-order valence-corrected chi connectivity index (χ0v) is 22.4. The first-order chi connectivity index (χ1) is 17.3. The van der Waals surface area contributed by atoms with Crippen LogP contribution in [0.2, 0.25) is 0 Å². The molecule has 0 aliphatic carbocycles. The first-order valence-electron chi connectivity index (χ1n) is 12.6. The van der Waals surface area contributed by atoms with Gasteiger partial charge in [0.05, 0.1) is 11.7 Å². The van der Waals surface area contributed by atoms with E-state index in [2.05, 4.69) is 10.3 Å². The van der Waals surface area contributed by atoms with Gasteiger partial charge >= 0.3 is 0 Å². The predicted octanol–water partition coefficient (Wildman–Crippen LogP) is 3.48. The third-order valence-electron chi connectivity index (χ3n) is 6.66. The molecule has 9 heteroatoms. The first-order valence-corrected chi connectivity index (χ1v) is 13.4. The van der Waals surface area contributed by atoms with Crippen LogP contribution >= 0.6 is 11.3 Å². The summed E-state index contributed by atoms with van der Waals surface area (Å²) in [5.74, 6) is 0.238. The summed E-state index contributed by atoms with van der Waals surface area (Å²) in [5.41, 5.74) is 2.76. The van der Waals surface area contributed by atoms with E-state index in [1.807, 2.05) is 56.9 Å². The van der Waals surface area contributed by atoms with E-state index >= 15 is 0 Å². The molecule has 1 aromatic carbocycles. The number of carbonyl (C=O) groups is 2. The molecule has 1 N–H and O–H groups in total. The number of amides is 2. The number of anilines is 1. The molecule has 0 bridgehead atoms. The second kappa shape index (κ2) is 11.3. The van der Waals surface area contributed by atoms with Crippen molar-refractivity contribution in [3.63, 3.8) is 0 Å². The fourth-order valence-electron chi connectivity index (χ4n) is 4.61. The maximum atomic E-state index is 13.3. The number of fused-ring (bicyclic) bond motifs is 2. The van der Waals surface area contributed by atoms with Crippen LogP contribution in [0.15, 0.2) is 35.4 Å². The van der Waals surface area contributed by atoms with E-state index in [1.165, 1.54) is 22.2 Å². The van der Waals surface area contributed by atoms with Crippen LogP contribution in [0.3, 0.4) is 0 Å². The molecule has 36 heavy (non-hydrogen) atoms. The van der Waals surface area contributed by atoms with Gasteiger partial charge in [-0.15, -0.1) is 11.3 Å². The van der Waals surface area contributed by atoms with E-state index in [4.69, 9.17) is 0 Å². The molecule has 0 unspecified atom stereocenters. The topological polar surface area (TPSA) is 87.5 Å². The van der Waals surface area contributed by atoms with Crippen LogP contribution < -0.4 is 15.8 Å². The Bertz CT molecular complexity index is 1310. The van der Waals surface area contributed by atoms with Crippen LogP contribution in [0.25, 0.3) is 10.2 Å². The molecule has 0 radical (unpaired) electrons. The monoisotopic (exact) mass is 509 g/mol. The molecule has 1 aliphatic rings. The van der Waals surface area contributed by atoms with Gasteiger partial charge in [-0.3, -0.25) is 19.0 Å². The summed E-state index contributed by atoms with van der Waals surface area (Å²) in [6.45, 7) is 10.8. The van der Waals surface area contributed by atoms with Gasteiger partial charge < -0.3 is 15.1 Å². The van der Waals surface area contributed by atoms with Crippen molar-refractivity contribution in [1.82, 2.24) is 19.8 Å². The number of aromatic nitrogens is 2. The van der Waals surface area contributed by atoms with E-state index in [-0.39, 0.29) is 29.8 Å². The number of para-hydroxylation sites is 1. The largest absolute Gasteiger partial charge is 0.340 e. The number of hydrogen-bond acceptors (Lipinski definition) is 6. The molecule has 2 amide bonds. The van der Waals surface area contributed by atoms with Gasteiger partial charge in [-0.25, -0.2) is 4.98 Å². The van der Waals surface area contributed by atoms with E-state index in [1.54, 1.807) is 4.90 Å². The van der Waals surface area contributed by atoms with Crippen molar-refractivity contribution < 1.29 is 9.59 Å². The zero-order chi connectivity index (χ0) is 25.8. The number of hydrogen-bond donors (Lipinski definition) is 1. The molecular formula is C27H35N5O3S. The summed E-state index contributed by atoms with van der Waals surface area (Å²) in [5, 5.41) is 4.02. The summed E-state index contributed by atoms with van der Waals surface area (Å²) >= 11 is 1.50. The molecule has 2 aromatic heterocycles. The molecule has 3 aromatic rings. The normalized spacial score (nSPS) is 15.1. The molecule has 0 fully saturated rings. The molecular weight excluding hydrogens is 474 g/mol. The first kappa shape index (κ1) is 26.0. The summed E-state index contributed by atoms with van der Waals surface area (Å²) in [6, 6.07) is 7.99. The van der Waals surface area contributed by atoms with Crippen molar-refractivity contribution >= 4 is 39.1 Å². The van der Waals surface area contributed by atoms with Gasteiger partial charge in [-0.1, -0.05) is 32.0 Å². The van der Waals surface area contributed by atoms with Crippen molar-refractivity contribution in [1.29, 1.82) is 0 Å². The minimum absolute atomic E-state index is 0.0493. The molecule has 3 heterocycles. The highest BCUT2D eigenvalue weighted by Crippen LogP contribution is 2.26. The number of carbonyl (C=O) groups excluding carboxylic acids is 2. The van der Waals surface area contributed by atoms with E-state index in [0.717, 1.165) is 21.7 Å². The highest BCUT2D eigenvalue weighted by molar-refractivity contribution is 7.18. The Kier molecular flexibility index (Phi) is 8.21. The second-order valence-electron chi connectivity index (χ2n) is 9.82. The average Bonchev–Trinajstić information content (AvgIpc) is 3.11. The van der Waals surface area contributed by atoms with Gasteiger partial charge in [-0.2, -0.15) is 0 Å². The number of nitrogens with zero attached hydrogens (tertiary/aromatic N) is 4. The number of thiophene rings is 1. The quantitative estimate of drug-likeness (QED) is 0.582. The summed E-state index contributed by atoms with van der Waals surface area (Å²) < 4.78 is 1.41. The average molecular weight is 510 g/mol. The molecule has 192 valence electrons. The Balaban J connectivity index is 1.52. The molecule has 8 nitrogen and oxygen atoms in total. The van der Waals surface area contributed by atoms with E-state index in [9.17, 15) is 14.4 Å². The van der Waals surface area contributed by atoms with Crippen LogP contribution in [0, 0.1) is 19.8 Å². The third-order valence-corrected chi connectivity index (χ3v) is 7.78. The van der Waals surface area contributed by atoms with Crippen molar-refractivity contribution in [2.45, 2.75) is 53.6 Å². The Labute approximate surface area is 215 Å². The number of benzene rings is 1. The van der Waals surface area contributed by atoms with Crippen LogP contribution in [-0.2, 0) is 22.7 Å². The minimum Gasteiger partial charge on any atom is -0.340 e. The molecule has 0 spiro atoms. The zero-order valence-electron chi connectivity index (χ0n) is 21.5. The van der Waals surface area contributed by atoms with Crippen molar-refractivity contribution in [2.75, 3.05) is 31.1 Å². The lowest BCUT2D eigenvalue weighted by Gasteiger charge is -2.27. The molecule has 4 rings (SSSR count). The highest BCUT2D eigenvalue weighted by Gasteiger charge is 2.22. The van der Waals surface area contributed by atoms with Gasteiger partial charge in [0.1, 0.15) is 11.4 Å². The van der Waals surface area contributed by atoms with Gasteiger partial charge in [-0.05, 0) is 43.4 Å². The van der Waals surface area contributed by atoms with Gasteiger partial charge in [0.15, 0.2) is 0 Å². The Morgan fingerprint density at radius 3 is 2.67 bits per heavy atom. The highest BCUT2D eigenvalue weighted by atomic mass is 32.1. The maximum Gasteiger partial charge on any atom is 0.262 e. The van der Waals surface area contributed by atoms with Crippen LogP contribution in [-0.4, -0.2) is 52.4 Å². The lowest BCUT2D eigenvalue weighted by molar-refractivity contribution is -0.131. The smallest absolute Gasteiger partial charge is 0.262 e. The van der Waals surface area contributed by atoms with Crippen LogP contribution in [0.1, 0.15) is 42.7 Å². The third kappa shape index (κ3) is 5.68. The minimum atomic E-state index is -0.174. The molecule has 1 aliphatic heterocycles. The van der Waals surface area contributed by atoms with Gasteiger partial charge in [0, 0.05) is 49.7 Å². The molecule has 0 saturated carbocycles. The summed E-state index contributed by atoms with van der Waals surface area (Å²) in [6.07, 6.45) is 2.61. The molecule has 0 atom stereocenters. The fraction of sp³-hybridized carbons (Fsp3) is 0.481. The lowest BCUT2D eigenvalue weighted by Crippen LogP contribution is -2.41. The lowest BCUT2D eigenvalue weighted by atomic mass is 10.1. The standard InChI is InChI=1S/C27H35N5O3S/c1-18(2)14-23(33)32-12-7-11-30(13-10-28-15-21-8-5-6-9-22(21)32)24(34)16-31-17-29-26-25(27(31)35)19(3)20(4)36-26/h5-6,8-9,17-18,28H,7,10-16H2,1-4H3. The predicted molar refractivity (Wildman–Crippen MR) is 145 cm³/mol. The fourth-order valence-corrected chi connectivity index (χ4v) is 5.60. The number of rotatable bonds is 4. The van der Waals surface area contributed by atoms with Crippen molar-refractivity contribution in [2.24, 2.45) is 5.92 Å². The Hall–Kier alpha value is -3.04. The second-order valence-corrected chi connectivity index (χ2v) is 11.0. The van der Waals surface area contributed by atoms with Crippen molar-refractivity contribution in [3.8, 4) is 0 Å². The summed E-state index contributed by atoms with van der Waals surface area (Å²) in [4.78, 5) is 49.4. The van der Waals surface area contributed by atoms with Crippen LogP contribution in [0.5, 0.6) is 0 Å². The van der Waals surface area contributed by atoms with Crippen molar-refractivity contribution in [3.05, 3.63) is 57.0 Å². The number of aryl methyl sites for hydroxylation is 2.